The summed E-state index contributed by atoms with van der Waals surface area (Å²) in [5.41, 5.74) is 0. The molecule has 4 nitrogen and oxygen atoms in total. The summed E-state index contributed by atoms with van der Waals surface area (Å²) in [7, 11) is -3.25. The van der Waals surface area contributed by atoms with Crippen LogP contribution in [0.5, 0.6) is 0 Å². The summed E-state index contributed by atoms with van der Waals surface area (Å²) in [4.78, 5) is 0. The molecule has 0 unspecified atom stereocenters. The third-order valence-electron chi connectivity index (χ3n) is 0.300. The van der Waals surface area contributed by atoms with E-state index in [0.717, 1.165) is 0 Å². The van der Waals surface area contributed by atoms with Gasteiger partial charge in [0.05, 0.1) is 0 Å². The van der Waals surface area contributed by atoms with Crippen LogP contribution in [-0.4, -0.2) is 49.0 Å². The summed E-state index contributed by atoms with van der Waals surface area (Å²) in [6, 6.07) is 0. The molecule has 0 radical (unpaired) electrons. The van der Waals surface area contributed by atoms with Crippen molar-refractivity contribution in [3.8, 4) is 0 Å². The molecule has 50 valence electrons. The predicted octanol–water partition coefficient (Wildman–Crippen LogP) is -1.41. The minimum absolute atomic E-state index is 1.64. The van der Waals surface area contributed by atoms with E-state index < -0.39 is 7.82 Å². The molecule has 0 N–H and O–H groups in total. The second-order valence-electron chi connectivity index (χ2n) is 0.692. The zero-order chi connectivity index (χ0) is 6.62. The van der Waals surface area contributed by atoms with Crippen molar-refractivity contribution >= 4 is 56.9 Å². The molecule has 0 aromatic carbocycles. The fourth-order valence-electron chi connectivity index (χ4n) is 0.0447. The second-order valence-corrected chi connectivity index (χ2v) is 5.16. The molecule has 0 aromatic heterocycles. The summed E-state index contributed by atoms with van der Waals surface area (Å²) in [5, 5.41) is 0. The first-order valence-corrected chi connectivity index (χ1v) is 5.04. The Labute approximate surface area is 72.1 Å². The second kappa shape index (κ2) is 4.48. The average Bonchev–Trinajstić information content (AvgIpc) is 1.87. The Kier molecular flexibility index (Phi) is 5.41. The van der Waals surface area contributed by atoms with Gasteiger partial charge in [-0.25, -0.2) is 0 Å². The SMILES string of the molecule is O=P(O[SeH])(O[SeH])O[SeH]. The van der Waals surface area contributed by atoms with Crippen molar-refractivity contribution < 1.29 is 15.4 Å². The van der Waals surface area contributed by atoms with Crippen LogP contribution in [0.2, 0.25) is 0 Å². The number of hydrogen-bond donors (Lipinski definition) is 0. The molecule has 8 heavy (non-hydrogen) atoms. The van der Waals surface area contributed by atoms with Crippen LogP contribution in [0.15, 0.2) is 0 Å². The summed E-state index contributed by atoms with van der Waals surface area (Å²) in [6.45, 7) is 0. The fourth-order valence-corrected chi connectivity index (χ4v) is 3.62. The van der Waals surface area contributed by atoms with Crippen molar-refractivity contribution in [1.82, 2.24) is 0 Å². The summed E-state index contributed by atoms with van der Waals surface area (Å²) in [6.07, 6.45) is 0. The van der Waals surface area contributed by atoms with Gasteiger partial charge in [0, 0.05) is 0 Å². The first-order valence-electron chi connectivity index (χ1n) is 1.28. The molecule has 0 heterocycles. The van der Waals surface area contributed by atoms with Gasteiger partial charge in [-0.3, -0.25) is 0 Å². The molecule has 0 amide bonds. The molecule has 0 saturated carbocycles. The number of phosphoric acid groups is 1. The molecule has 0 aliphatic carbocycles. The Bertz CT molecular complexity index is 82.4. The van der Waals surface area contributed by atoms with Gasteiger partial charge in [-0.1, -0.05) is 0 Å². The van der Waals surface area contributed by atoms with Crippen LogP contribution in [0, 0.1) is 0 Å². The van der Waals surface area contributed by atoms with Gasteiger partial charge < -0.3 is 0 Å². The number of rotatable bonds is 3. The van der Waals surface area contributed by atoms with Crippen molar-refractivity contribution in [3.05, 3.63) is 0 Å². The molecule has 0 aromatic rings. The topological polar surface area (TPSA) is 44.8 Å². The van der Waals surface area contributed by atoms with Crippen LogP contribution in [0.1, 0.15) is 0 Å². The van der Waals surface area contributed by atoms with E-state index in [1.54, 1.807) is 49.0 Å². The van der Waals surface area contributed by atoms with Gasteiger partial charge in [0.25, 0.3) is 0 Å². The van der Waals surface area contributed by atoms with Crippen LogP contribution in [0.25, 0.3) is 0 Å². The van der Waals surface area contributed by atoms with E-state index in [1.165, 1.54) is 0 Å². The fraction of sp³-hybridized carbons (Fsp3) is 0. The van der Waals surface area contributed by atoms with Crippen LogP contribution in [0.4, 0.5) is 0 Å². The van der Waals surface area contributed by atoms with Gasteiger partial charge in [-0.05, 0) is 0 Å². The van der Waals surface area contributed by atoms with E-state index in [1.807, 2.05) is 0 Å². The van der Waals surface area contributed by atoms with E-state index >= 15 is 0 Å². The first-order chi connectivity index (χ1) is 3.68. The molecule has 0 saturated heterocycles. The van der Waals surface area contributed by atoms with Crippen molar-refractivity contribution in [1.29, 1.82) is 0 Å². The number of hydrogen-bond acceptors (Lipinski definition) is 4. The van der Waals surface area contributed by atoms with Crippen molar-refractivity contribution in [2.45, 2.75) is 0 Å². The van der Waals surface area contributed by atoms with Crippen LogP contribution < -0.4 is 0 Å². The van der Waals surface area contributed by atoms with Crippen LogP contribution in [-0.2, 0) is 15.4 Å². The molecule has 0 atom stereocenters. The molecule has 0 rings (SSSR count). The molecule has 0 spiro atoms. The first kappa shape index (κ1) is 9.67. The zero-order valence-electron chi connectivity index (χ0n) is 3.42. The Morgan fingerprint density at radius 1 is 1.00 bits per heavy atom. The molecule has 0 aliphatic rings. The Morgan fingerprint density at radius 2 is 1.25 bits per heavy atom. The normalized spacial score (nSPS) is 11.9. The Morgan fingerprint density at radius 3 is 1.25 bits per heavy atom. The third-order valence-corrected chi connectivity index (χ3v) is 4.68. The molecule has 8 heteroatoms. The quantitative estimate of drug-likeness (QED) is 0.470. The van der Waals surface area contributed by atoms with Crippen molar-refractivity contribution in [3.63, 3.8) is 0 Å². The monoisotopic (exact) mass is 338 g/mol. The minimum atomic E-state index is -3.25. The molecular weight excluding hydrogens is 332 g/mol. The van der Waals surface area contributed by atoms with E-state index in [4.69, 9.17) is 0 Å². The molecule has 0 fully saturated rings. The van der Waals surface area contributed by atoms with E-state index in [9.17, 15) is 4.57 Å². The standard InChI is InChI=1S/H3O4PSe3/c1-5(2-6,3-7)4-8/h6-8H. The Hall–Kier alpha value is 1.67. The van der Waals surface area contributed by atoms with Crippen molar-refractivity contribution in [2.75, 3.05) is 0 Å². The van der Waals surface area contributed by atoms with Gasteiger partial charge in [0.15, 0.2) is 0 Å². The predicted molar refractivity (Wildman–Crippen MR) is 32.3 cm³/mol. The van der Waals surface area contributed by atoms with Crippen molar-refractivity contribution in [2.24, 2.45) is 0 Å². The summed E-state index contributed by atoms with van der Waals surface area (Å²) in [5.74, 6) is 0. The van der Waals surface area contributed by atoms with E-state index in [2.05, 4.69) is 10.8 Å². The Balaban J connectivity index is 3.79. The summed E-state index contributed by atoms with van der Waals surface area (Å²) >= 11 is 4.93. The molecular formula is H3O4PSe3. The molecule has 0 aliphatic heterocycles. The van der Waals surface area contributed by atoms with Gasteiger partial charge in [0.2, 0.25) is 0 Å². The van der Waals surface area contributed by atoms with E-state index in [0.29, 0.717) is 0 Å². The third kappa shape index (κ3) is 3.00. The van der Waals surface area contributed by atoms with Gasteiger partial charge in [-0.2, -0.15) is 0 Å². The van der Waals surface area contributed by atoms with Crippen LogP contribution >= 0.6 is 7.82 Å². The zero-order valence-corrected chi connectivity index (χ0v) is 9.95. The van der Waals surface area contributed by atoms with Crippen LogP contribution in [0.3, 0.4) is 0 Å². The maximum absolute atomic E-state index is 10.6. The summed E-state index contributed by atoms with van der Waals surface area (Å²) < 4.78 is 23.4. The van der Waals surface area contributed by atoms with Gasteiger partial charge >= 0.3 is 72.2 Å². The molecule has 0 bridgehead atoms. The maximum atomic E-state index is 10.6. The van der Waals surface area contributed by atoms with E-state index in [-0.39, 0.29) is 0 Å². The average molecular weight is 335 g/mol. The van der Waals surface area contributed by atoms with Gasteiger partial charge in [-0.15, -0.1) is 0 Å². The van der Waals surface area contributed by atoms with Gasteiger partial charge in [0.1, 0.15) is 0 Å².